The molecule has 2 aliphatic rings. The highest BCUT2D eigenvalue weighted by molar-refractivity contribution is 6.03. The van der Waals surface area contributed by atoms with E-state index in [1.165, 1.54) is 0 Å². The highest BCUT2D eigenvalue weighted by atomic mass is 16.5. The Kier molecular flexibility index (Phi) is 5.76. The molecule has 2 rings (SSSR count). The Bertz CT molecular complexity index is 611. The van der Waals surface area contributed by atoms with E-state index in [0.29, 0.717) is 0 Å². The zero-order valence-electron chi connectivity index (χ0n) is 15.1. The van der Waals surface area contributed by atoms with Gasteiger partial charge in [-0.15, -0.1) is 6.58 Å². The number of hydrogen-bond acceptors (Lipinski definition) is 3. The molecule has 0 aromatic rings. The largest absolute Gasteiger partial charge is 0.381 e. The quantitative estimate of drug-likeness (QED) is 0.718. The molecule has 0 spiro atoms. The van der Waals surface area contributed by atoms with Crippen molar-refractivity contribution in [2.45, 2.75) is 33.3 Å². The summed E-state index contributed by atoms with van der Waals surface area (Å²) in [5, 5.41) is 0. The Labute approximate surface area is 145 Å². The number of hydrogen-bond donors (Lipinski definition) is 0. The Morgan fingerprint density at radius 3 is 2.58 bits per heavy atom. The minimum Gasteiger partial charge on any atom is -0.381 e. The van der Waals surface area contributed by atoms with Crippen LogP contribution in [0, 0.1) is 29.6 Å². The number of ketones is 2. The van der Waals surface area contributed by atoms with Crippen molar-refractivity contribution in [2.75, 3.05) is 7.11 Å². The number of ether oxygens (including phenoxy) is 1. The Morgan fingerprint density at radius 1 is 1.38 bits per heavy atom. The van der Waals surface area contributed by atoms with Gasteiger partial charge in [0, 0.05) is 24.9 Å². The molecule has 0 aliphatic heterocycles. The third-order valence-corrected chi connectivity index (χ3v) is 5.59. The predicted molar refractivity (Wildman–Crippen MR) is 96.5 cm³/mol. The van der Waals surface area contributed by atoms with Gasteiger partial charge in [-0.1, -0.05) is 30.4 Å². The van der Waals surface area contributed by atoms with Crippen LogP contribution >= 0.6 is 0 Å². The van der Waals surface area contributed by atoms with Crippen LogP contribution in [0.2, 0.25) is 0 Å². The molecular formula is C21H28O3. The summed E-state index contributed by atoms with van der Waals surface area (Å²) in [6.45, 7) is 13.8. The molecule has 2 aliphatic carbocycles. The second kappa shape index (κ2) is 7.43. The van der Waals surface area contributed by atoms with Gasteiger partial charge in [-0.3, -0.25) is 9.59 Å². The molecule has 0 aromatic carbocycles. The number of carbonyl (C=O) groups is 2. The van der Waals surface area contributed by atoms with E-state index in [0.717, 1.165) is 17.6 Å². The minimum atomic E-state index is -0.393. The van der Waals surface area contributed by atoms with Gasteiger partial charge in [-0.25, -0.2) is 0 Å². The maximum absolute atomic E-state index is 13.0. The lowest BCUT2D eigenvalue weighted by molar-refractivity contribution is -0.133. The fourth-order valence-electron chi connectivity index (χ4n) is 4.24. The lowest BCUT2D eigenvalue weighted by Crippen LogP contribution is -2.47. The van der Waals surface area contributed by atoms with Gasteiger partial charge in [-0.05, 0) is 50.7 Å². The molecule has 3 heteroatoms. The summed E-state index contributed by atoms with van der Waals surface area (Å²) in [5.74, 6) is -0.745. The van der Waals surface area contributed by atoms with Crippen molar-refractivity contribution in [1.29, 1.82) is 0 Å². The first kappa shape index (κ1) is 18.6. The Hall–Kier alpha value is -1.74. The van der Waals surface area contributed by atoms with Crippen molar-refractivity contribution in [3.63, 3.8) is 0 Å². The van der Waals surface area contributed by atoms with Crippen molar-refractivity contribution < 1.29 is 14.3 Å². The fraction of sp³-hybridized carbons (Fsp3) is 0.524. The third kappa shape index (κ3) is 3.23. The van der Waals surface area contributed by atoms with E-state index in [4.69, 9.17) is 4.74 Å². The van der Waals surface area contributed by atoms with E-state index in [2.05, 4.69) is 13.2 Å². The van der Waals surface area contributed by atoms with Crippen molar-refractivity contribution in [1.82, 2.24) is 0 Å². The van der Waals surface area contributed by atoms with E-state index < -0.39 is 5.92 Å². The molecule has 0 saturated heterocycles. The summed E-state index contributed by atoms with van der Waals surface area (Å²) in [4.78, 5) is 25.7. The molecule has 0 radical (unpaired) electrons. The molecule has 0 aromatic heterocycles. The standard InChI is InChI=1S/C21H28O3/c1-7-15-9-8-10-17(22)19(15)20-18(12(2)3)16(14(5)24-6)11-13(4)21(20)23/h7-8,10-11,14-16,18-20H,1-2,9H2,3-6H3/t14?,15-,16-,18-,19+,20-/m0/s1. The minimum absolute atomic E-state index is 0.0114. The molecule has 24 heavy (non-hydrogen) atoms. The van der Waals surface area contributed by atoms with Crippen molar-refractivity contribution in [3.8, 4) is 0 Å². The van der Waals surface area contributed by atoms with Gasteiger partial charge < -0.3 is 4.74 Å². The average molecular weight is 328 g/mol. The summed E-state index contributed by atoms with van der Waals surface area (Å²) in [7, 11) is 1.68. The van der Waals surface area contributed by atoms with Crippen molar-refractivity contribution in [2.24, 2.45) is 29.6 Å². The van der Waals surface area contributed by atoms with Crippen molar-refractivity contribution in [3.05, 3.63) is 48.6 Å². The third-order valence-electron chi connectivity index (χ3n) is 5.59. The zero-order chi connectivity index (χ0) is 18.0. The SMILES string of the molecule is C=C[C@H]1CC=CC(=O)[C@@H]1[C@H]1C(=O)C(C)=C[C@@H](C(C)OC)[C@@H]1C(=C)C. The summed E-state index contributed by atoms with van der Waals surface area (Å²) in [6.07, 6.45) is 8.02. The Balaban J connectivity index is 2.55. The van der Waals surface area contributed by atoms with E-state index >= 15 is 0 Å². The van der Waals surface area contributed by atoms with Crippen LogP contribution in [0.1, 0.15) is 27.2 Å². The normalized spacial score (nSPS) is 34.7. The van der Waals surface area contributed by atoms with Crippen LogP contribution in [-0.2, 0) is 14.3 Å². The van der Waals surface area contributed by atoms with Crippen LogP contribution in [0.25, 0.3) is 0 Å². The van der Waals surface area contributed by atoms with Gasteiger partial charge >= 0.3 is 0 Å². The van der Waals surface area contributed by atoms with Gasteiger partial charge in [0.1, 0.15) is 0 Å². The second-order valence-corrected chi connectivity index (χ2v) is 7.10. The van der Waals surface area contributed by atoms with Crippen LogP contribution in [0.5, 0.6) is 0 Å². The van der Waals surface area contributed by atoms with Crippen LogP contribution in [0.15, 0.2) is 48.6 Å². The van der Waals surface area contributed by atoms with Crippen LogP contribution in [0.4, 0.5) is 0 Å². The Morgan fingerprint density at radius 2 is 2.04 bits per heavy atom. The monoisotopic (exact) mass is 328 g/mol. The first-order valence-electron chi connectivity index (χ1n) is 8.57. The van der Waals surface area contributed by atoms with E-state index in [-0.39, 0.29) is 41.3 Å². The fourth-order valence-corrected chi connectivity index (χ4v) is 4.24. The van der Waals surface area contributed by atoms with Crippen molar-refractivity contribution >= 4 is 11.6 Å². The average Bonchev–Trinajstić information content (AvgIpc) is 2.55. The number of allylic oxidation sites excluding steroid dienone is 5. The maximum Gasteiger partial charge on any atom is 0.162 e. The number of carbonyl (C=O) groups excluding carboxylic acids is 2. The number of rotatable bonds is 5. The molecule has 130 valence electrons. The van der Waals surface area contributed by atoms with Crippen LogP contribution in [-0.4, -0.2) is 24.8 Å². The topological polar surface area (TPSA) is 43.4 Å². The highest BCUT2D eigenvalue weighted by Crippen LogP contribution is 2.45. The van der Waals surface area contributed by atoms with Crippen LogP contribution < -0.4 is 0 Å². The molecule has 0 saturated carbocycles. The molecule has 0 heterocycles. The van der Waals surface area contributed by atoms with E-state index in [1.54, 1.807) is 13.2 Å². The summed E-state index contributed by atoms with van der Waals surface area (Å²) in [6, 6.07) is 0. The molecule has 0 amide bonds. The molecule has 0 fully saturated rings. The van der Waals surface area contributed by atoms with Crippen LogP contribution in [0.3, 0.4) is 0 Å². The summed E-state index contributed by atoms with van der Waals surface area (Å²) >= 11 is 0. The maximum atomic E-state index is 13.0. The molecule has 0 N–H and O–H groups in total. The molecule has 0 bridgehead atoms. The van der Waals surface area contributed by atoms with Gasteiger partial charge in [0.2, 0.25) is 0 Å². The zero-order valence-corrected chi connectivity index (χ0v) is 15.1. The predicted octanol–water partition coefficient (Wildman–Crippen LogP) is 3.92. The summed E-state index contributed by atoms with van der Waals surface area (Å²) in [5.41, 5.74) is 1.65. The van der Waals surface area contributed by atoms with Gasteiger partial charge in [-0.2, -0.15) is 0 Å². The smallest absolute Gasteiger partial charge is 0.162 e. The summed E-state index contributed by atoms with van der Waals surface area (Å²) < 4.78 is 5.55. The molecule has 1 unspecified atom stereocenters. The highest BCUT2D eigenvalue weighted by Gasteiger charge is 2.48. The van der Waals surface area contributed by atoms with Gasteiger partial charge in [0.25, 0.3) is 0 Å². The first-order chi connectivity index (χ1) is 11.3. The molecular weight excluding hydrogens is 300 g/mol. The lowest BCUT2D eigenvalue weighted by atomic mass is 9.59. The number of methoxy groups -OCH3 is 1. The van der Waals surface area contributed by atoms with E-state index in [1.807, 2.05) is 39.0 Å². The second-order valence-electron chi connectivity index (χ2n) is 7.10. The first-order valence-corrected chi connectivity index (χ1v) is 8.57. The lowest BCUT2D eigenvalue weighted by Gasteiger charge is -2.43. The van der Waals surface area contributed by atoms with E-state index in [9.17, 15) is 9.59 Å². The molecule has 6 atom stereocenters. The van der Waals surface area contributed by atoms with Gasteiger partial charge in [0.05, 0.1) is 6.10 Å². The number of Topliss-reactive ketones (excluding diaryl/α,β-unsaturated/α-hetero) is 1. The van der Waals surface area contributed by atoms with Gasteiger partial charge in [0.15, 0.2) is 11.6 Å². The molecule has 3 nitrogen and oxygen atoms in total.